The van der Waals surface area contributed by atoms with Gasteiger partial charge in [0, 0.05) is 17.5 Å². The molecule has 4 unspecified atom stereocenters. The van der Waals surface area contributed by atoms with Gasteiger partial charge in [-0.3, -0.25) is 0 Å². The van der Waals surface area contributed by atoms with E-state index in [2.05, 4.69) is 43.6 Å². The molecule has 0 amide bonds. The average molecular weight is 273 g/mol. The smallest absolute Gasteiger partial charge is 0.122 e. The third-order valence-electron chi connectivity index (χ3n) is 5.41. The molecule has 2 nitrogen and oxygen atoms in total. The molecular formula is C18H27NO. The van der Waals surface area contributed by atoms with Crippen molar-refractivity contribution in [1.29, 1.82) is 0 Å². The fourth-order valence-corrected chi connectivity index (χ4v) is 4.28. The minimum atomic E-state index is 0.525. The van der Waals surface area contributed by atoms with E-state index in [-0.39, 0.29) is 0 Å². The Bertz CT molecular complexity index is 445. The summed E-state index contributed by atoms with van der Waals surface area (Å²) in [6.07, 6.45) is 6.93. The van der Waals surface area contributed by atoms with Crippen LogP contribution < -0.4 is 10.1 Å². The van der Waals surface area contributed by atoms with Crippen LogP contribution in [0.3, 0.4) is 0 Å². The molecule has 0 aromatic heterocycles. The number of rotatable bonds is 4. The lowest BCUT2D eigenvalue weighted by Gasteiger charge is -2.36. The van der Waals surface area contributed by atoms with Crippen LogP contribution in [0.1, 0.15) is 50.5 Å². The number of benzene rings is 1. The molecular weight excluding hydrogens is 246 g/mol. The van der Waals surface area contributed by atoms with E-state index in [9.17, 15) is 0 Å². The van der Waals surface area contributed by atoms with E-state index in [4.69, 9.17) is 4.74 Å². The topological polar surface area (TPSA) is 21.3 Å². The SMILES string of the molecule is CCC1CCCC(C(NC)C2COc3ccccc32)C1. The van der Waals surface area contributed by atoms with Gasteiger partial charge in [0.25, 0.3) is 0 Å². The first-order valence-corrected chi connectivity index (χ1v) is 8.22. The summed E-state index contributed by atoms with van der Waals surface area (Å²) in [6.45, 7) is 3.19. The van der Waals surface area contributed by atoms with E-state index in [0.717, 1.165) is 24.2 Å². The molecule has 2 heteroatoms. The van der Waals surface area contributed by atoms with Crippen molar-refractivity contribution in [2.24, 2.45) is 11.8 Å². The van der Waals surface area contributed by atoms with Gasteiger partial charge < -0.3 is 10.1 Å². The maximum absolute atomic E-state index is 5.90. The molecule has 1 aliphatic heterocycles. The molecule has 0 spiro atoms. The van der Waals surface area contributed by atoms with Crippen LogP contribution in [0.2, 0.25) is 0 Å². The summed E-state index contributed by atoms with van der Waals surface area (Å²) in [4.78, 5) is 0. The third-order valence-corrected chi connectivity index (χ3v) is 5.41. The van der Waals surface area contributed by atoms with Crippen LogP contribution in [0.5, 0.6) is 5.75 Å². The first-order chi connectivity index (χ1) is 9.83. The molecule has 110 valence electrons. The average Bonchev–Trinajstić information content (AvgIpc) is 2.93. The summed E-state index contributed by atoms with van der Waals surface area (Å²) in [5.41, 5.74) is 1.41. The summed E-state index contributed by atoms with van der Waals surface area (Å²) in [5.74, 6) is 3.36. The van der Waals surface area contributed by atoms with Crippen LogP contribution in [0.25, 0.3) is 0 Å². The van der Waals surface area contributed by atoms with E-state index in [1.807, 2.05) is 0 Å². The minimum absolute atomic E-state index is 0.525. The maximum atomic E-state index is 5.90. The second-order valence-corrected chi connectivity index (χ2v) is 6.47. The highest BCUT2D eigenvalue weighted by molar-refractivity contribution is 5.40. The summed E-state index contributed by atoms with van der Waals surface area (Å²) in [6, 6.07) is 9.13. The number of fused-ring (bicyclic) bond motifs is 1. The van der Waals surface area contributed by atoms with Crippen LogP contribution in [0.4, 0.5) is 0 Å². The maximum Gasteiger partial charge on any atom is 0.122 e. The molecule has 1 heterocycles. The molecule has 3 rings (SSSR count). The van der Waals surface area contributed by atoms with Crippen LogP contribution >= 0.6 is 0 Å². The van der Waals surface area contributed by atoms with E-state index in [1.54, 1.807) is 0 Å². The zero-order chi connectivity index (χ0) is 13.9. The zero-order valence-electron chi connectivity index (χ0n) is 12.8. The predicted octanol–water partition coefficient (Wildman–Crippen LogP) is 3.97. The van der Waals surface area contributed by atoms with Crippen molar-refractivity contribution in [3.63, 3.8) is 0 Å². The summed E-state index contributed by atoms with van der Waals surface area (Å²) in [5, 5.41) is 3.62. The molecule has 4 atom stereocenters. The highest BCUT2D eigenvalue weighted by Crippen LogP contribution is 2.42. The zero-order valence-corrected chi connectivity index (χ0v) is 12.8. The van der Waals surface area contributed by atoms with Gasteiger partial charge in [0.2, 0.25) is 0 Å². The number of hydrogen-bond acceptors (Lipinski definition) is 2. The minimum Gasteiger partial charge on any atom is -0.493 e. The first-order valence-electron chi connectivity index (χ1n) is 8.22. The Labute approximate surface area is 122 Å². The number of nitrogens with one attached hydrogen (secondary N) is 1. The van der Waals surface area contributed by atoms with E-state index >= 15 is 0 Å². The summed E-state index contributed by atoms with van der Waals surface area (Å²) >= 11 is 0. The number of para-hydroxylation sites is 1. The van der Waals surface area contributed by atoms with Crippen LogP contribution in [0.15, 0.2) is 24.3 Å². The predicted molar refractivity (Wildman–Crippen MR) is 83.3 cm³/mol. The molecule has 0 saturated heterocycles. The molecule has 1 aromatic rings. The van der Waals surface area contributed by atoms with Crippen molar-refractivity contribution >= 4 is 0 Å². The van der Waals surface area contributed by atoms with E-state index in [1.165, 1.54) is 37.7 Å². The molecule has 1 fully saturated rings. The van der Waals surface area contributed by atoms with Crippen molar-refractivity contribution in [3.8, 4) is 5.75 Å². The van der Waals surface area contributed by atoms with Gasteiger partial charge in [0.05, 0.1) is 6.61 Å². The third kappa shape index (κ3) is 2.58. The lowest BCUT2D eigenvalue weighted by molar-refractivity contribution is 0.182. The van der Waals surface area contributed by atoms with Crippen LogP contribution in [-0.2, 0) is 0 Å². The molecule has 2 aliphatic rings. The second kappa shape index (κ2) is 6.17. The molecule has 1 N–H and O–H groups in total. The number of ether oxygens (including phenoxy) is 1. The van der Waals surface area contributed by atoms with Crippen LogP contribution in [-0.4, -0.2) is 19.7 Å². The lowest BCUT2D eigenvalue weighted by Crippen LogP contribution is -2.41. The molecule has 0 radical (unpaired) electrons. The van der Waals surface area contributed by atoms with Gasteiger partial charge in [-0.1, -0.05) is 44.4 Å². The van der Waals surface area contributed by atoms with Crippen molar-refractivity contribution in [2.75, 3.05) is 13.7 Å². The Morgan fingerprint density at radius 3 is 2.95 bits per heavy atom. The van der Waals surface area contributed by atoms with Gasteiger partial charge in [0.15, 0.2) is 0 Å². The fraction of sp³-hybridized carbons (Fsp3) is 0.667. The Kier molecular flexibility index (Phi) is 4.30. The first kappa shape index (κ1) is 13.9. The Morgan fingerprint density at radius 2 is 2.15 bits per heavy atom. The molecule has 20 heavy (non-hydrogen) atoms. The fourth-order valence-electron chi connectivity index (χ4n) is 4.28. The molecule has 1 saturated carbocycles. The number of hydrogen-bond donors (Lipinski definition) is 1. The highest BCUT2D eigenvalue weighted by Gasteiger charge is 2.36. The summed E-state index contributed by atoms with van der Waals surface area (Å²) in [7, 11) is 2.13. The van der Waals surface area contributed by atoms with Crippen molar-refractivity contribution in [2.45, 2.75) is 51.0 Å². The summed E-state index contributed by atoms with van der Waals surface area (Å²) < 4.78 is 5.90. The standard InChI is InChI=1S/C18H27NO/c1-3-13-7-6-8-14(11-13)18(19-2)16-12-20-17-10-5-4-9-15(16)17/h4-5,9-10,13-14,16,18-19H,3,6-8,11-12H2,1-2H3. The van der Waals surface area contributed by atoms with Gasteiger partial charge in [-0.25, -0.2) is 0 Å². The van der Waals surface area contributed by atoms with Crippen molar-refractivity contribution in [3.05, 3.63) is 29.8 Å². The van der Waals surface area contributed by atoms with Crippen LogP contribution in [0, 0.1) is 11.8 Å². The molecule has 1 aliphatic carbocycles. The quantitative estimate of drug-likeness (QED) is 0.896. The highest BCUT2D eigenvalue weighted by atomic mass is 16.5. The van der Waals surface area contributed by atoms with Crippen molar-refractivity contribution < 1.29 is 4.74 Å². The van der Waals surface area contributed by atoms with E-state index < -0.39 is 0 Å². The normalized spacial score (nSPS) is 30.6. The monoisotopic (exact) mass is 273 g/mol. The molecule has 0 bridgehead atoms. The van der Waals surface area contributed by atoms with Gasteiger partial charge in [-0.15, -0.1) is 0 Å². The Hall–Kier alpha value is -1.02. The second-order valence-electron chi connectivity index (χ2n) is 6.47. The van der Waals surface area contributed by atoms with Gasteiger partial charge in [-0.05, 0) is 37.8 Å². The van der Waals surface area contributed by atoms with Gasteiger partial charge >= 0.3 is 0 Å². The van der Waals surface area contributed by atoms with E-state index in [0.29, 0.717) is 12.0 Å². The Balaban J connectivity index is 1.77. The van der Waals surface area contributed by atoms with Crippen molar-refractivity contribution in [1.82, 2.24) is 5.32 Å². The Morgan fingerprint density at radius 1 is 1.30 bits per heavy atom. The molecule has 1 aromatic carbocycles. The largest absolute Gasteiger partial charge is 0.493 e. The number of likely N-dealkylation sites (N-methyl/N-ethyl adjacent to an activating group) is 1. The van der Waals surface area contributed by atoms with Gasteiger partial charge in [0.1, 0.15) is 5.75 Å². The van der Waals surface area contributed by atoms with Gasteiger partial charge in [-0.2, -0.15) is 0 Å². The lowest BCUT2D eigenvalue weighted by atomic mass is 9.73.